The van der Waals surface area contributed by atoms with E-state index in [1.54, 1.807) is 0 Å². The zero-order valence-corrected chi connectivity index (χ0v) is 16.5. The third-order valence-corrected chi connectivity index (χ3v) is 5.76. The molecule has 2 aliphatic rings. The number of H-pyrrole nitrogens is 4. The first-order valence-electron chi connectivity index (χ1n) is 9.62. The van der Waals surface area contributed by atoms with Gasteiger partial charge in [-0.1, -0.05) is 0 Å². The normalized spacial score (nSPS) is 31.1. The van der Waals surface area contributed by atoms with E-state index in [0.717, 1.165) is 0 Å². The van der Waals surface area contributed by atoms with Gasteiger partial charge in [-0.15, -0.1) is 0 Å². The van der Waals surface area contributed by atoms with Crippen molar-refractivity contribution in [1.29, 1.82) is 0 Å². The van der Waals surface area contributed by atoms with Crippen LogP contribution in [0.3, 0.4) is 0 Å². The minimum atomic E-state index is -0.571. The molecular weight excluding hydrogens is 402 g/mol. The van der Waals surface area contributed by atoms with Crippen LogP contribution in [0.2, 0.25) is 0 Å². The van der Waals surface area contributed by atoms with E-state index in [4.69, 9.17) is 19.1 Å². The maximum atomic E-state index is 12.4. The van der Waals surface area contributed by atoms with Crippen molar-refractivity contribution < 1.29 is 24.2 Å². The first-order chi connectivity index (χ1) is 14.5. The third-order valence-electron chi connectivity index (χ3n) is 5.76. The molecule has 14 heteroatoms. The minimum Gasteiger partial charge on any atom is -0.377 e. The van der Waals surface area contributed by atoms with Gasteiger partial charge in [0.25, 0.3) is 0 Å². The molecule has 4 N–H and O–H groups in total. The van der Waals surface area contributed by atoms with Crippen molar-refractivity contribution in [2.24, 2.45) is 0 Å². The fourth-order valence-corrected chi connectivity index (χ4v) is 4.28. The van der Waals surface area contributed by atoms with Crippen LogP contribution in [0, 0.1) is 4.91 Å². The van der Waals surface area contributed by atoms with Gasteiger partial charge in [0.1, 0.15) is 28.8 Å². The Morgan fingerprint density at radius 3 is 1.50 bits per heavy atom. The van der Waals surface area contributed by atoms with Crippen molar-refractivity contribution in [2.45, 2.75) is 61.9 Å². The summed E-state index contributed by atoms with van der Waals surface area (Å²) < 4.78 is 10.9. The summed E-state index contributed by atoms with van der Waals surface area (Å²) in [6.07, 6.45) is 0.0617. The van der Waals surface area contributed by atoms with Crippen LogP contribution < -0.4 is 11.4 Å². The van der Waals surface area contributed by atoms with Crippen LogP contribution in [-0.4, -0.2) is 74.1 Å². The van der Waals surface area contributed by atoms with Crippen LogP contribution in [0.15, 0.2) is 9.59 Å². The molecule has 2 saturated carbocycles. The topological polar surface area (TPSA) is 180 Å². The average molecular weight is 426 g/mol. The van der Waals surface area contributed by atoms with Crippen LogP contribution in [0.4, 0.5) is 0 Å². The predicted molar refractivity (Wildman–Crippen MR) is 97.3 cm³/mol. The van der Waals surface area contributed by atoms with E-state index >= 15 is 0 Å². The van der Waals surface area contributed by atoms with E-state index in [1.807, 2.05) is 0 Å². The molecule has 0 amide bonds. The maximum absolute atomic E-state index is 12.4. The number of hydrogen-bond donors (Lipinski definition) is 4. The zero-order chi connectivity index (χ0) is 21.3. The van der Waals surface area contributed by atoms with E-state index in [-0.39, 0.29) is 29.1 Å². The van der Waals surface area contributed by atoms with Gasteiger partial charge in [-0.05, 0) is 12.8 Å². The molecule has 2 aliphatic carbocycles. The molecule has 2 fully saturated rings. The molecule has 0 saturated heterocycles. The molecular formula is C16H24N7O7+. The van der Waals surface area contributed by atoms with E-state index in [9.17, 15) is 14.5 Å². The van der Waals surface area contributed by atoms with Crippen molar-refractivity contribution >= 4 is 0 Å². The van der Waals surface area contributed by atoms with Gasteiger partial charge in [0.05, 0.1) is 0 Å². The van der Waals surface area contributed by atoms with Crippen LogP contribution in [0.5, 0.6) is 0 Å². The molecule has 2 heterocycles. The summed E-state index contributed by atoms with van der Waals surface area (Å²) >= 11 is 0. The summed E-state index contributed by atoms with van der Waals surface area (Å²) in [5.74, 6) is 0.757. The van der Waals surface area contributed by atoms with Crippen LogP contribution in [0.1, 0.15) is 49.2 Å². The molecule has 0 radical (unpaired) electrons. The van der Waals surface area contributed by atoms with Crippen molar-refractivity contribution in [2.75, 3.05) is 14.2 Å². The number of aromatic amines is 4. The number of methoxy groups -OCH3 is 2. The smallest absolute Gasteiger partial charge is 0.377 e. The van der Waals surface area contributed by atoms with Crippen molar-refractivity contribution in [3.63, 3.8) is 0 Å². The van der Waals surface area contributed by atoms with Gasteiger partial charge in [-0.25, -0.2) is 19.8 Å². The maximum Gasteiger partial charge on any atom is 0.478 e. The number of ether oxygens (including phenoxy) is 2. The van der Waals surface area contributed by atoms with Gasteiger partial charge in [-0.2, -0.15) is 19.9 Å². The second-order valence-electron chi connectivity index (χ2n) is 7.52. The second-order valence-corrected chi connectivity index (χ2v) is 7.52. The number of hydrogen-bond acceptors (Lipinski definition) is 9. The fourth-order valence-electron chi connectivity index (χ4n) is 4.28. The molecule has 0 aliphatic heterocycles. The Bertz CT molecular complexity index is 904. The van der Waals surface area contributed by atoms with Crippen LogP contribution in [-0.2, 0) is 19.1 Å². The minimum absolute atomic E-state index is 0.0959. The van der Waals surface area contributed by atoms with Crippen LogP contribution in [0.25, 0.3) is 0 Å². The van der Waals surface area contributed by atoms with Gasteiger partial charge in [-0.3, -0.25) is 9.97 Å². The Balaban J connectivity index is 1.36. The lowest BCUT2D eigenvalue weighted by molar-refractivity contribution is -0.993. The molecule has 0 aromatic carbocycles. The van der Waals surface area contributed by atoms with E-state index in [0.29, 0.717) is 37.3 Å². The largest absolute Gasteiger partial charge is 0.478 e. The Hall–Kier alpha value is -3.00. The molecule has 0 bridgehead atoms. The van der Waals surface area contributed by atoms with Crippen molar-refractivity contribution in [3.8, 4) is 0 Å². The predicted octanol–water partition coefficient (Wildman–Crippen LogP) is -0.626. The molecule has 2 aromatic heterocycles. The van der Waals surface area contributed by atoms with Gasteiger partial charge >= 0.3 is 16.5 Å². The SMILES string of the molecule is CO[C@@H]1C[C@@H](c2n[nH]c(=O)[nH]2)C[C@@H]1O[N+](=O)O[C@H]1C[C@H](c2n[nH]c(=O)[nH]2)C[C@H]1OC. The first kappa shape index (κ1) is 20.3. The van der Waals surface area contributed by atoms with E-state index in [1.165, 1.54) is 14.2 Å². The van der Waals surface area contributed by atoms with Gasteiger partial charge in [0.15, 0.2) is 0 Å². The molecule has 4 rings (SSSR count). The molecule has 0 spiro atoms. The lowest BCUT2D eigenvalue weighted by atomic mass is 10.1. The summed E-state index contributed by atoms with van der Waals surface area (Å²) in [7, 11) is 3.06. The standard InChI is InChI=1S/C16H23N7O7/c1-27-9-3-7(13-17-15(24)21-19-13)5-11(9)29-23(26)30-12-6-8(4-10(12)28-2)14-18-16(25)22-20-14/h7-12H,3-6H2,1-2H3,(H3-,17,18,19,20,21,22,24,25)/p+1/t7-,8-,9-,10-,11+,12+/m1/s1. The Morgan fingerprint density at radius 2 is 1.17 bits per heavy atom. The summed E-state index contributed by atoms with van der Waals surface area (Å²) in [6.45, 7) is 0. The first-order valence-corrected chi connectivity index (χ1v) is 9.62. The Labute approximate surface area is 169 Å². The van der Waals surface area contributed by atoms with Crippen molar-refractivity contribution in [1.82, 2.24) is 30.4 Å². The highest BCUT2D eigenvalue weighted by molar-refractivity contribution is 5.03. The monoisotopic (exact) mass is 426 g/mol. The Morgan fingerprint density at radius 1 is 0.767 bits per heavy atom. The third kappa shape index (κ3) is 4.14. The second kappa shape index (κ2) is 8.39. The molecule has 0 unspecified atom stereocenters. The van der Waals surface area contributed by atoms with E-state index < -0.39 is 23.6 Å². The quantitative estimate of drug-likeness (QED) is 0.400. The highest BCUT2D eigenvalue weighted by Gasteiger charge is 2.46. The van der Waals surface area contributed by atoms with E-state index in [2.05, 4.69) is 30.4 Å². The summed E-state index contributed by atoms with van der Waals surface area (Å²) in [5, 5.41) is 12.6. The fraction of sp³-hybridized carbons (Fsp3) is 0.750. The number of nitrogens with zero attached hydrogens (tertiary/aromatic N) is 3. The lowest BCUT2D eigenvalue weighted by Crippen LogP contribution is -2.34. The average Bonchev–Trinajstić information content (AvgIpc) is 3.48. The number of aromatic nitrogens is 6. The zero-order valence-electron chi connectivity index (χ0n) is 16.5. The molecule has 6 atom stereocenters. The highest BCUT2D eigenvalue weighted by atomic mass is 17.0. The Kier molecular flexibility index (Phi) is 5.67. The molecule has 164 valence electrons. The number of rotatable bonds is 8. The molecule has 2 aromatic rings. The lowest BCUT2D eigenvalue weighted by Gasteiger charge is -2.14. The van der Waals surface area contributed by atoms with Gasteiger partial charge < -0.3 is 9.47 Å². The summed E-state index contributed by atoms with van der Waals surface area (Å²) in [6, 6.07) is 0. The summed E-state index contributed by atoms with van der Waals surface area (Å²) in [4.78, 5) is 51.1. The highest BCUT2D eigenvalue weighted by Crippen LogP contribution is 2.38. The van der Waals surface area contributed by atoms with Crippen LogP contribution >= 0.6 is 0 Å². The molecule has 14 nitrogen and oxygen atoms in total. The van der Waals surface area contributed by atoms with Gasteiger partial charge in [0.2, 0.25) is 12.2 Å². The van der Waals surface area contributed by atoms with Gasteiger partial charge in [0, 0.05) is 38.9 Å². The van der Waals surface area contributed by atoms with Crippen molar-refractivity contribution in [3.05, 3.63) is 37.5 Å². The molecule has 30 heavy (non-hydrogen) atoms. The summed E-state index contributed by atoms with van der Waals surface area (Å²) in [5.41, 5.74) is -0.784. The number of nitrogens with one attached hydrogen (secondary N) is 4.